The summed E-state index contributed by atoms with van der Waals surface area (Å²) in [5.41, 5.74) is 0.414. The number of nitrogens with zero attached hydrogens (tertiary/aromatic N) is 1. The van der Waals surface area contributed by atoms with Gasteiger partial charge in [0, 0.05) is 11.4 Å². The van der Waals surface area contributed by atoms with E-state index in [9.17, 15) is 4.79 Å². The zero-order chi connectivity index (χ0) is 12.8. The van der Waals surface area contributed by atoms with Gasteiger partial charge in [-0.1, -0.05) is 13.0 Å². The topological polar surface area (TPSA) is 32.3 Å². The Labute approximate surface area is 112 Å². The number of carbonyl (C=O) groups excluding carboxylic acids is 1. The van der Waals surface area contributed by atoms with E-state index in [0.29, 0.717) is 5.41 Å². The lowest BCUT2D eigenvalue weighted by molar-refractivity contribution is -0.130. The molecule has 0 radical (unpaired) electrons. The summed E-state index contributed by atoms with van der Waals surface area (Å²) in [5.74, 6) is 0.258. The number of carbonyl (C=O) groups is 1. The van der Waals surface area contributed by atoms with E-state index >= 15 is 0 Å². The van der Waals surface area contributed by atoms with Gasteiger partial charge in [0.2, 0.25) is 5.91 Å². The van der Waals surface area contributed by atoms with E-state index in [1.165, 1.54) is 24.1 Å². The van der Waals surface area contributed by atoms with Crippen LogP contribution in [0.25, 0.3) is 0 Å². The first kappa shape index (κ1) is 12.2. The van der Waals surface area contributed by atoms with Gasteiger partial charge in [0.25, 0.3) is 0 Å². The molecule has 2 atom stereocenters. The highest BCUT2D eigenvalue weighted by molar-refractivity contribution is 7.10. The van der Waals surface area contributed by atoms with Crippen LogP contribution in [-0.2, 0) is 4.79 Å². The molecular weight excluding hydrogens is 244 g/mol. The summed E-state index contributed by atoms with van der Waals surface area (Å²) in [6, 6.07) is 4.12. The van der Waals surface area contributed by atoms with Crippen LogP contribution < -0.4 is 5.32 Å². The lowest BCUT2D eigenvalue weighted by atomic mass is 10.0. The van der Waals surface area contributed by atoms with Gasteiger partial charge in [0.1, 0.15) is 6.17 Å². The van der Waals surface area contributed by atoms with Gasteiger partial charge in [-0.15, -0.1) is 11.3 Å². The maximum atomic E-state index is 12.3. The molecule has 2 heterocycles. The normalized spacial score (nSPS) is 29.9. The summed E-state index contributed by atoms with van der Waals surface area (Å²) >= 11 is 1.73. The summed E-state index contributed by atoms with van der Waals surface area (Å²) in [6.07, 6.45) is 3.83. The number of nitrogens with one attached hydrogen (secondary N) is 1. The molecule has 0 spiro atoms. The molecule has 0 aromatic carbocycles. The number of amides is 1. The largest absolute Gasteiger partial charge is 0.320 e. The van der Waals surface area contributed by atoms with E-state index in [-0.39, 0.29) is 18.1 Å². The first-order chi connectivity index (χ1) is 8.65. The molecule has 1 aromatic rings. The van der Waals surface area contributed by atoms with Crippen LogP contribution >= 0.6 is 11.3 Å². The Balaban J connectivity index is 1.82. The zero-order valence-electron chi connectivity index (χ0n) is 11.0. The van der Waals surface area contributed by atoms with Crippen molar-refractivity contribution in [2.75, 3.05) is 6.54 Å². The summed E-state index contributed by atoms with van der Waals surface area (Å²) in [4.78, 5) is 15.6. The Morgan fingerprint density at radius 3 is 2.89 bits per heavy atom. The molecular formula is C14H20N2OS. The van der Waals surface area contributed by atoms with E-state index in [1.807, 2.05) is 6.92 Å². The fourth-order valence-corrected chi connectivity index (χ4v) is 3.58. The third-order valence-electron chi connectivity index (χ3n) is 4.40. The van der Waals surface area contributed by atoms with Gasteiger partial charge >= 0.3 is 0 Å². The molecule has 1 aliphatic heterocycles. The minimum Gasteiger partial charge on any atom is -0.320 e. The van der Waals surface area contributed by atoms with Crippen molar-refractivity contribution in [3.63, 3.8) is 0 Å². The van der Waals surface area contributed by atoms with Crippen molar-refractivity contribution in [1.82, 2.24) is 10.2 Å². The van der Waals surface area contributed by atoms with Gasteiger partial charge < -0.3 is 4.90 Å². The summed E-state index contributed by atoms with van der Waals surface area (Å²) in [6.45, 7) is 5.13. The highest BCUT2D eigenvalue weighted by Crippen LogP contribution is 2.50. The summed E-state index contributed by atoms with van der Waals surface area (Å²) in [5, 5.41) is 5.50. The first-order valence-electron chi connectivity index (χ1n) is 6.75. The second kappa shape index (κ2) is 4.35. The smallest absolute Gasteiger partial charge is 0.241 e. The molecule has 2 fully saturated rings. The maximum absolute atomic E-state index is 12.3. The number of thiophene rings is 1. The monoisotopic (exact) mass is 264 g/mol. The van der Waals surface area contributed by atoms with E-state index in [4.69, 9.17) is 0 Å². The fraction of sp³-hybridized carbons (Fsp3) is 0.643. The molecule has 98 valence electrons. The average Bonchev–Trinajstić information content (AvgIpc) is 2.82. The Morgan fingerprint density at radius 2 is 2.33 bits per heavy atom. The molecule has 2 aliphatic rings. The predicted molar refractivity (Wildman–Crippen MR) is 73.3 cm³/mol. The minimum atomic E-state index is -0.0512. The molecule has 2 unspecified atom stereocenters. The van der Waals surface area contributed by atoms with Crippen molar-refractivity contribution >= 4 is 17.2 Å². The van der Waals surface area contributed by atoms with E-state index in [0.717, 1.165) is 6.54 Å². The summed E-state index contributed by atoms with van der Waals surface area (Å²) < 4.78 is 0. The summed E-state index contributed by atoms with van der Waals surface area (Å²) in [7, 11) is 0. The van der Waals surface area contributed by atoms with Crippen LogP contribution in [0.1, 0.15) is 44.2 Å². The van der Waals surface area contributed by atoms with E-state index in [1.54, 1.807) is 11.3 Å². The molecule has 1 aliphatic carbocycles. The number of hydrogen-bond donors (Lipinski definition) is 1. The molecule has 18 heavy (non-hydrogen) atoms. The van der Waals surface area contributed by atoms with Crippen LogP contribution in [0.2, 0.25) is 0 Å². The molecule has 1 saturated carbocycles. The van der Waals surface area contributed by atoms with Crippen LogP contribution in [0.3, 0.4) is 0 Å². The van der Waals surface area contributed by atoms with Crippen LogP contribution in [0.4, 0.5) is 0 Å². The molecule has 4 heteroatoms. The molecule has 1 aromatic heterocycles. The SMILES string of the molecule is CCC1(CN2C(=O)C(C)NC2c2cccs2)CC1. The fourth-order valence-electron chi connectivity index (χ4n) is 2.79. The first-order valence-corrected chi connectivity index (χ1v) is 7.63. The minimum absolute atomic E-state index is 0.0512. The standard InChI is InChI=1S/C14H20N2OS/c1-3-14(6-7-14)9-16-12(11-5-4-8-18-11)15-10(2)13(16)17/h4-5,8,10,12,15H,3,6-7,9H2,1-2H3. The Morgan fingerprint density at radius 1 is 1.56 bits per heavy atom. The van der Waals surface area contributed by atoms with Crippen molar-refractivity contribution < 1.29 is 4.79 Å². The van der Waals surface area contributed by atoms with Crippen molar-refractivity contribution in [3.05, 3.63) is 22.4 Å². The predicted octanol–water partition coefficient (Wildman–Crippen LogP) is 2.76. The number of hydrogen-bond acceptors (Lipinski definition) is 3. The van der Waals surface area contributed by atoms with Gasteiger partial charge in [-0.2, -0.15) is 0 Å². The van der Waals surface area contributed by atoms with Crippen molar-refractivity contribution in [2.45, 2.75) is 45.3 Å². The van der Waals surface area contributed by atoms with Gasteiger partial charge in [0.15, 0.2) is 0 Å². The Bertz CT molecular complexity index is 439. The van der Waals surface area contributed by atoms with Gasteiger partial charge in [-0.3, -0.25) is 10.1 Å². The van der Waals surface area contributed by atoms with E-state index in [2.05, 4.69) is 34.7 Å². The van der Waals surface area contributed by atoms with E-state index < -0.39 is 0 Å². The molecule has 0 bridgehead atoms. The van der Waals surface area contributed by atoms with Crippen LogP contribution in [0, 0.1) is 5.41 Å². The molecule has 3 nitrogen and oxygen atoms in total. The van der Waals surface area contributed by atoms with Crippen LogP contribution in [0.15, 0.2) is 17.5 Å². The lowest BCUT2D eigenvalue weighted by Crippen LogP contribution is -2.35. The lowest BCUT2D eigenvalue weighted by Gasteiger charge is -2.27. The second-order valence-corrected chi connectivity index (χ2v) is 6.61. The van der Waals surface area contributed by atoms with Crippen LogP contribution in [-0.4, -0.2) is 23.4 Å². The average molecular weight is 264 g/mol. The number of rotatable bonds is 4. The van der Waals surface area contributed by atoms with Crippen molar-refractivity contribution in [3.8, 4) is 0 Å². The second-order valence-electron chi connectivity index (χ2n) is 5.63. The van der Waals surface area contributed by atoms with Crippen LogP contribution in [0.5, 0.6) is 0 Å². The van der Waals surface area contributed by atoms with Gasteiger partial charge in [-0.25, -0.2) is 0 Å². The Hall–Kier alpha value is -0.870. The van der Waals surface area contributed by atoms with Crippen molar-refractivity contribution in [2.24, 2.45) is 5.41 Å². The molecule has 1 amide bonds. The van der Waals surface area contributed by atoms with Gasteiger partial charge in [0.05, 0.1) is 6.04 Å². The third-order valence-corrected chi connectivity index (χ3v) is 5.32. The third kappa shape index (κ3) is 1.97. The van der Waals surface area contributed by atoms with Crippen molar-refractivity contribution in [1.29, 1.82) is 0 Å². The highest BCUT2D eigenvalue weighted by Gasteiger charge is 2.47. The Kier molecular flexibility index (Phi) is 2.94. The molecule has 1 N–H and O–H groups in total. The molecule has 1 saturated heterocycles. The maximum Gasteiger partial charge on any atom is 0.241 e. The quantitative estimate of drug-likeness (QED) is 0.907. The zero-order valence-corrected chi connectivity index (χ0v) is 11.8. The molecule has 3 rings (SSSR count). The highest BCUT2D eigenvalue weighted by atomic mass is 32.1. The van der Waals surface area contributed by atoms with Gasteiger partial charge in [-0.05, 0) is 43.0 Å².